The van der Waals surface area contributed by atoms with E-state index in [-0.39, 0.29) is 5.91 Å². The summed E-state index contributed by atoms with van der Waals surface area (Å²) in [5.41, 5.74) is 1.85. The zero-order valence-electron chi connectivity index (χ0n) is 19.4. The number of carbonyl (C=O) groups is 1. The van der Waals surface area contributed by atoms with Crippen molar-refractivity contribution in [1.29, 1.82) is 0 Å². The lowest BCUT2D eigenvalue weighted by molar-refractivity contribution is 0.0745. The summed E-state index contributed by atoms with van der Waals surface area (Å²) >= 11 is 0. The summed E-state index contributed by atoms with van der Waals surface area (Å²) in [4.78, 5) is 25.9. The van der Waals surface area contributed by atoms with E-state index in [2.05, 4.69) is 25.2 Å². The van der Waals surface area contributed by atoms with Crippen LogP contribution < -0.4 is 19.1 Å². The van der Waals surface area contributed by atoms with Crippen LogP contribution in [-0.4, -0.2) is 81.8 Å². The number of ether oxygens (including phenoxy) is 3. The summed E-state index contributed by atoms with van der Waals surface area (Å²) < 4.78 is 18.9. The lowest BCUT2D eigenvalue weighted by atomic mass is 10.1. The van der Waals surface area contributed by atoms with Crippen molar-refractivity contribution >= 4 is 22.9 Å². The summed E-state index contributed by atoms with van der Waals surface area (Å²) in [6.45, 7) is 9.42. The first-order valence-corrected chi connectivity index (χ1v) is 11.2. The number of piperazine rings is 1. The Hall–Kier alpha value is -3.63. The van der Waals surface area contributed by atoms with Crippen molar-refractivity contribution in [2.24, 2.45) is 7.05 Å². The van der Waals surface area contributed by atoms with Gasteiger partial charge in [-0.3, -0.25) is 4.79 Å². The number of carbonyl (C=O) groups excluding carboxylic acids is 1. The van der Waals surface area contributed by atoms with Crippen LogP contribution in [-0.2, 0) is 7.05 Å². The minimum Gasteiger partial charge on any atom is -0.490 e. The monoisotopic (exact) mass is 455 g/mol. The summed E-state index contributed by atoms with van der Waals surface area (Å²) in [6, 6.07) is 3.47. The number of amides is 1. The van der Waals surface area contributed by atoms with Gasteiger partial charge in [0, 0.05) is 38.8 Å². The lowest BCUT2D eigenvalue weighted by Crippen LogP contribution is -2.49. The van der Waals surface area contributed by atoms with Crippen molar-refractivity contribution in [2.75, 3.05) is 50.9 Å². The van der Waals surface area contributed by atoms with Gasteiger partial charge in [-0.05, 0) is 32.9 Å². The quantitative estimate of drug-likeness (QED) is 0.503. The minimum absolute atomic E-state index is 0.0769. The number of hydrogen-bond donors (Lipinski definition) is 0. The van der Waals surface area contributed by atoms with Crippen LogP contribution in [0.4, 0.5) is 5.82 Å². The summed E-state index contributed by atoms with van der Waals surface area (Å²) in [5.74, 6) is 2.21. The van der Waals surface area contributed by atoms with Crippen LogP contribution in [0.15, 0.2) is 18.5 Å². The highest BCUT2D eigenvalue weighted by molar-refractivity contribution is 5.96. The SMILES string of the molecule is CCOc1cc(C(=O)N2CCN(c3ncnc4c3nnn4C)CC2)cc(OCC)c1OCC. The highest BCUT2D eigenvalue weighted by Gasteiger charge is 2.27. The molecule has 0 radical (unpaired) electrons. The third kappa shape index (κ3) is 4.48. The standard InChI is InChI=1S/C22H29N7O4/c1-5-31-16-12-15(13-17(32-6-2)19(16)33-7-3)22(30)29-10-8-28(9-11-29)21-18-20(23-14-24-21)27(4)26-25-18/h12-14H,5-11H2,1-4H3. The predicted molar refractivity (Wildman–Crippen MR) is 122 cm³/mol. The number of fused-ring (bicyclic) bond motifs is 1. The average Bonchev–Trinajstić information content (AvgIpc) is 3.22. The van der Waals surface area contributed by atoms with Crippen LogP contribution in [0.1, 0.15) is 31.1 Å². The molecule has 0 saturated carbocycles. The normalized spacial score (nSPS) is 13.9. The van der Waals surface area contributed by atoms with Crippen LogP contribution >= 0.6 is 0 Å². The van der Waals surface area contributed by atoms with E-state index in [0.29, 0.717) is 80.0 Å². The van der Waals surface area contributed by atoms with E-state index in [4.69, 9.17) is 14.2 Å². The Balaban J connectivity index is 1.53. The number of aromatic nitrogens is 5. The van der Waals surface area contributed by atoms with Gasteiger partial charge in [-0.15, -0.1) is 5.10 Å². The molecule has 0 N–H and O–H groups in total. The van der Waals surface area contributed by atoms with Crippen molar-refractivity contribution in [3.63, 3.8) is 0 Å². The van der Waals surface area contributed by atoms with Gasteiger partial charge in [0.2, 0.25) is 5.75 Å². The zero-order valence-corrected chi connectivity index (χ0v) is 19.4. The molecule has 1 aromatic carbocycles. The molecule has 1 amide bonds. The largest absolute Gasteiger partial charge is 0.490 e. The van der Waals surface area contributed by atoms with E-state index < -0.39 is 0 Å². The second-order valence-electron chi connectivity index (χ2n) is 7.46. The van der Waals surface area contributed by atoms with Gasteiger partial charge >= 0.3 is 0 Å². The third-order valence-electron chi connectivity index (χ3n) is 5.39. The topological polar surface area (TPSA) is 108 Å². The van der Waals surface area contributed by atoms with Gasteiger partial charge < -0.3 is 24.0 Å². The first-order chi connectivity index (χ1) is 16.1. The fourth-order valence-electron chi connectivity index (χ4n) is 3.89. The third-order valence-corrected chi connectivity index (χ3v) is 5.39. The summed E-state index contributed by atoms with van der Waals surface area (Å²) in [5, 5.41) is 8.24. The molecule has 3 aromatic rings. The zero-order chi connectivity index (χ0) is 23.4. The van der Waals surface area contributed by atoms with Gasteiger partial charge in [0.25, 0.3) is 5.91 Å². The number of anilines is 1. The van der Waals surface area contributed by atoms with Crippen molar-refractivity contribution in [1.82, 2.24) is 29.9 Å². The molecule has 33 heavy (non-hydrogen) atoms. The highest BCUT2D eigenvalue weighted by atomic mass is 16.5. The Morgan fingerprint density at radius 1 is 0.939 bits per heavy atom. The maximum atomic E-state index is 13.3. The molecular weight excluding hydrogens is 426 g/mol. The van der Waals surface area contributed by atoms with Crippen LogP contribution in [0.5, 0.6) is 17.2 Å². The number of hydrogen-bond acceptors (Lipinski definition) is 9. The van der Waals surface area contributed by atoms with Crippen molar-refractivity contribution < 1.29 is 19.0 Å². The average molecular weight is 456 g/mol. The first kappa shape index (κ1) is 22.6. The van der Waals surface area contributed by atoms with Crippen LogP contribution in [0.3, 0.4) is 0 Å². The Bertz CT molecular complexity index is 1100. The van der Waals surface area contributed by atoms with Crippen LogP contribution in [0.2, 0.25) is 0 Å². The Morgan fingerprint density at radius 2 is 1.58 bits per heavy atom. The molecule has 11 nitrogen and oxygen atoms in total. The number of aryl methyl sites for hydroxylation is 1. The summed E-state index contributed by atoms with van der Waals surface area (Å²) in [6.07, 6.45) is 1.52. The molecule has 1 aliphatic rings. The Morgan fingerprint density at radius 3 is 2.18 bits per heavy atom. The minimum atomic E-state index is -0.0769. The maximum Gasteiger partial charge on any atom is 0.254 e. The molecule has 2 aromatic heterocycles. The van der Waals surface area contributed by atoms with Gasteiger partial charge in [-0.1, -0.05) is 5.21 Å². The maximum absolute atomic E-state index is 13.3. The van der Waals surface area contributed by atoms with E-state index in [1.165, 1.54) is 6.33 Å². The van der Waals surface area contributed by atoms with Crippen molar-refractivity contribution in [3.8, 4) is 17.2 Å². The molecule has 1 aliphatic heterocycles. The van der Waals surface area contributed by atoms with Crippen molar-refractivity contribution in [2.45, 2.75) is 20.8 Å². The Labute approximate surface area is 192 Å². The highest BCUT2D eigenvalue weighted by Crippen LogP contribution is 2.39. The summed E-state index contributed by atoms with van der Waals surface area (Å²) in [7, 11) is 1.80. The van der Waals surface area contributed by atoms with E-state index >= 15 is 0 Å². The molecule has 0 unspecified atom stereocenters. The first-order valence-electron chi connectivity index (χ1n) is 11.2. The molecule has 1 saturated heterocycles. The van der Waals surface area contributed by atoms with Gasteiger partial charge in [0.1, 0.15) is 6.33 Å². The number of benzene rings is 1. The van der Waals surface area contributed by atoms with Crippen molar-refractivity contribution in [3.05, 3.63) is 24.0 Å². The molecular formula is C22H29N7O4. The van der Waals surface area contributed by atoms with Gasteiger partial charge in [-0.25, -0.2) is 14.6 Å². The second kappa shape index (κ2) is 9.88. The molecule has 0 spiro atoms. The predicted octanol–water partition coefficient (Wildman–Crippen LogP) is 1.92. The molecule has 4 rings (SSSR count). The molecule has 0 aliphatic carbocycles. The van der Waals surface area contributed by atoms with E-state index in [1.807, 2.05) is 25.7 Å². The smallest absolute Gasteiger partial charge is 0.254 e. The fraction of sp³-hybridized carbons (Fsp3) is 0.500. The molecule has 0 atom stereocenters. The fourth-order valence-corrected chi connectivity index (χ4v) is 3.89. The molecule has 0 bridgehead atoms. The molecule has 3 heterocycles. The molecule has 1 fully saturated rings. The van der Waals surface area contributed by atoms with E-state index in [0.717, 1.165) is 5.82 Å². The molecule has 11 heteroatoms. The van der Waals surface area contributed by atoms with Gasteiger partial charge in [0.15, 0.2) is 28.5 Å². The van der Waals surface area contributed by atoms with Gasteiger partial charge in [-0.2, -0.15) is 0 Å². The second-order valence-corrected chi connectivity index (χ2v) is 7.46. The van der Waals surface area contributed by atoms with Crippen LogP contribution in [0, 0.1) is 0 Å². The Kier molecular flexibility index (Phi) is 6.76. The van der Waals surface area contributed by atoms with Gasteiger partial charge in [0.05, 0.1) is 19.8 Å². The lowest BCUT2D eigenvalue weighted by Gasteiger charge is -2.35. The number of rotatable bonds is 8. The van der Waals surface area contributed by atoms with E-state index in [1.54, 1.807) is 23.9 Å². The van der Waals surface area contributed by atoms with E-state index in [9.17, 15) is 4.79 Å². The van der Waals surface area contributed by atoms with Crippen LogP contribution in [0.25, 0.3) is 11.2 Å². The molecule has 176 valence electrons. The number of nitrogens with zero attached hydrogens (tertiary/aromatic N) is 7.